The fraction of sp³-hybridized carbons (Fsp3) is 0.278. The van der Waals surface area contributed by atoms with Gasteiger partial charge in [-0.1, -0.05) is 30.3 Å². The molecule has 5 nitrogen and oxygen atoms in total. The van der Waals surface area contributed by atoms with Crippen molar-refractivity contribution in [2.24, 2.45) is 10.7 Å². The normalized spacial score (nSPS) is 11.5. The number of rotatable bonds is 7. The molecule has 0 aromatic heterocycles. The predicted molar refractivity (Wildman–Crippen MR) is 95.9 cm³/mol. The second-order valence-corrected chi connectivity index (χ2v) is 5.34. The van der Waals surface area contributed by atoms with Crippen molar-refractivity contribution in [3.05, 3.63) is 60.2 Å². The molecule has 0 spiro atoms. The Bertz CT molecular complexity index is 611. The summed E-state index contributed by atoms with van der Waals surface area (Å²) in [7, 11) is 3.72. The largest absolute Gasteiger partial charge is 0.497 e. The Morgan fingerprint density at radius 2 is 1.83 bits per heavy atom. The molecule has 0 radical (unpaired) electrons. The third-order valence-corrected chi connectivity index (χ3v) is 3.42. The quantitative estimate of drug-likeness (QED) is 0.609. The minimum atomic E-state index is 0.420. The SMILES string of the molecule is COc1ccc(NC(N)=NCCN(C)Cc2ccccc2)cc1. The van der Waals surface area contributed by atoms with Crippen LogP contribution in [0, 0.1) is 0 Å². The second kappa shape index (κ2) is 8.80. The molecule has 0 saturated carbocycles. The van der Waals surface area contributed by atoms with E-state index in [0.29, 0.717) is 12.5 Å². The van der Waals surface area contributed by atoms with Crippen LogP contribution in [0.2, 0.25) is 0 Å². The summed E-state index contributed by atoms with van der Waals surface area (Å²) in [6, 6.07) is 18.0. The number of benzene rings is 2. The van der Waals surface area contributed by atoms with Gasteiger partial charge in [0.25, 0.3) is 0 Å². The Kier molecular flexibility index (Phi) is 6.44. The van der Waals surface area contributed by atoms with Gasteiger partial charge < -0.3 is 20.7 Å². The van der Waals surface area contributed by atoms with E-state index >= 15 is 0 Å². The molecule has 122 valence electrons. The summed E-state index contributed by atoms with van der Waals surface area (Å²) in [5, 5.41) is 3.07. The molecule has 0 aliphatic carbocycles. The lowest BCUT2D eigenvalue weighted by molar-refractivity contribution is 0.336. The maximum absolute atomic E-state index is 5.90. The van der Waals surface area contributed by atoms with Gasteiger partial charge in [0.2, 0.25) is 0 Å². The van der Waals surface area contributed by atoms with Crippen LogP contribution in [-0.4, -0.2) is 38.1 Å². The van der Waals surface area contributed by atoms with E-state index in [1.165, 1.54) is 5.56 Å². The highest BCUT2D eigenvalue weighted by Gasteiger charge is 2.00. The van der Waals surface area contributed by atoms with Gasteiger partial charge in [0.1, 0.15) is 5.75 Å². The molecule has 0 amide bonds. The first-order valence-corrected chi connectivity index (χ1v) is 7.61. The van der Waals surface area contributed by atoms with Gasteiger partial charge in [-0.05, 0) is 36.9 Å². The fourth-order valence-corrected chi connectivity index (χ4v) is 2.18. The molecule has 0 aliphatic rings. The van der Waals surface area contributed by atoms with E-state index in [1.54, 1.807) is 7.11 Å². The van der Waals surface area contributed by atoms with Crippen molar-refractivity contribution in [3.8, 4) is 5.75 Å². The number of nitrogens with one attached hydrogen (secondary N) is 1. The summed E-state index contributed by atoms with van der Waals surface area (Å²) in [4.78, 5) is 6.58. The molecule has 0 atom stereocenters. The molecule has 0 heterocycles. The number of nitrogens with zero attached hydrogens (tertiary/aromatic N) is 2. The zero-order chi connectivity index (χ0) is 16.5. The van der Waals surface area contributed by atoms with E-state index in [4.69, 9.17) is 10.5 Å². The van der Waals surface area contributed by atoms with Crippen LogP contribution in [0.5, 0.6) is 5.75 Å². The number of hydrogen-bond donors (Lipinski definition) is 2. The lowest BCUT2D eigenvalue weighted by atomic mass is 10.2. The molecule has 3 N–H and O–H groups in total. The first-order chi connectivity index (χ1) is 11.2. The molecular formula is C18H24N4O. The van der Waals surface area contributed by atoms with Crippen LogP contribution in [0.1, 0.15) is 5.56 Å². The van der Waals surface area contributed by atoms with E-state index in [1.807, 2.05) is 30.3 Å². The standard InChI is InChI=1S/C18H24N4O/c1-22(14-15-6-4-3-5-7-15)13-12-20-18(19)21-16-8-10-17(23-2)11-9-16/h3-11H,12-14H2,1-2H3,(H3,19,20,21). The van der Waals surface area contributed by atoms with E-state index in [-0.39, 0.29) is 0 Å². The Morgan fingerprint density at radius 3 is 2.48 bits per heavy atom. The summed E-state index contributed by atoms with van der Waals surface area (Å²) in [5.41, 5.74) is 8.09. The third kappa shape index (κ3) is 6.00. The average Bonchev–Trinajstić information content (AvgIpc) is 2.56. The molecule has 2 aromatic rings. The van der Waals surface area contributed by atoms with Crippen molar-refractivity contribution in [3.63, 3.8) is 0 Å². The van der Waals surface area contributed by atoms with Crippen LogP contribution in [0.25, 0.3) is 0 Å². The number of ether oxygens (including phenoxy) is 1. The minimum Gasteiger partial charge on any atom is -0.497 e. The molecule has 0 saturated heterocycles. The number of nitrogens with two attached hydrogens (primary N) is 1. The maximum Gasteiger partial charge on any atom is 0.193 e. The minimum absolute atomic E-state index is 0.420. The van der Waals surface area contributed by atoms with Gasteiger partial charge in [-0.15, -0.1) is 0 Å². The topological polar surface area (TPSA) is 62.9 Å². The first kappa shape index (κ1) is 16.8. The van der Waals surface area contributed by atoms with E-state index in [0.717, 1.165) is 24.5 Å². The van der Waals surface area contributed by atoms with Crippen molar-refractivity contribution in [1.82, 2.24) is 4.90 Å². The van der Waals surface area contributed by atoms with Crippen LogP contribution < -0.4 is 15.8 Å². The monoisotopic (exact) mass is 312 g/mol. The lowest BCUT2D eigenvalue weighted by Crippen LogP contribution is -2.26. The summed E-state index contributed by atoms with van der Waals surface area (Å²) in [6.07, 6.45) is 0. The van der Waals surface area contributed by atoms with Gasteiger partial charge in [0.15, 0.2) is 5.96 Å². The zero-order valence-corrected chi connectivity index (χ0v) is 13.7. The fourth-order valence-electron chi connectivity index (χ4n) is 2.18. The molecule has 23 heavy (non-hydrogen) atoms. The number of guanidine groups is 1. The van der Waals surface area contributed by atoms with Gasteiger partial charge in [-0.3, -0.25) is 4.99 Å². The van der Waals surface area contributed by atoms with Crippen molar-refractivity contribution in [2.45, 2.75) is 6.54 Å². The van der Waals surface area contributed by atoms with Crippen LogP contribution in [0.3, 0.4) is 0 Å². The third-order valence-electron chi connectivity index (χ3n) is 3.42. The number of aliphatic imine (C=N–C) groups is 1. The van der Waals surface area contributed by atoms with Gasteiger partial charge >= 0.3 is 0 Å². The maximum atomic E-state index is 5.90. The molecule has 0 bridgehead atoms. The predicted octanol–water partition coefficient (Wildman–Crippen LogP) is 2.55. The van der Waals surface area contributed by atoms with Crippen molar-refractivity contribution in [1.29, 1.82) is 0 Å². The van der Waals surface area contributed by atoms with E-state index in [2.05, 4.69) is 46.5 Å². The molecule has 5 heteroatoms. The summed E-state index contributed by atoms with van der Waals surface area (Å²) in [5.74, 6) is 1.23. The highest BCUT2D eigenvalue weighted by Crippen LogP contribution is 2.14. The van der Waals surface area contributed by atoms with Crippen LogP contribution in [-0.2, 0) is 6.54 Å². The Morgan fingerprint density at radius 1 is 1.13 bits per heavy atom. The van der Waals surface area contributed by atoms with E-state index < -0.39 is 0 Å². The van der Waals surface area contributed by atoms with Gasteiger partial charge in [0.05, 0.1) is 13.7 Å². The van der Waals surface area contributed by atoms with Crippen LogP contribution >= 0.6 is 0 Å². The molecule has 0 aliphatic heterocycles. The van der Waals surface area contributed by atoms with Crippen LogP contribution in [0.15, 0.2) is 59.6 Å². The van der Waals surface area contributed by atoms with E-state index in [9.17, 15) is 0 Å². The van der Waals surface area contributed by atoms with Gasteiger partial charge in [0, 0.05) is 18.8 Å². The second-order valence-electron chi connectivity index (χ2n) is 5.34. The number of hydrogen-bond acceptors (Lipinski definition) is 3. The molecule has 2 rings (SSSR count). The average molecular weight is 312 g/mol. The number of likely N-dealkylation sites (N-methyl/N-ethyl adjacent to an activating group) is 1. The molecule has 0 unspecified atom stereocenters. The molecule has 0 fully saturated rings. The Labute approximate surface area is 137 Å². The summed E-state index contributed by atoms with van der Waals surface area (Å²) < 4.78 is 5.12. The van der Waals surface area contributed by atoms with Gasteiger partial charge in [-0.2, -0.15) is 0 Å². The zero-order valence-electron chi connectivity index (χ0n) is 13.7. The highest BCUT2D eigenvalue weighted by atomic mass is 16.5. The molecule has 2 aromatic carbocycles. The van der Waals surface area contributed by atoms with Crippen LogP contribution in [0.4, 0.5) is 5.69 Å². The first-order valence-electron chi connectivity index (χ1n) is 7.61. The lowest BCUT2D eigenvalue weighted by Gasteiger charge is -2.15. The summed E-state index contributed by atoms with van der Waals surface area (Å²) >= 11 is 0. The molecular weight excluding hydrogens is 288 g/mol. The van der Waals surface area contributed by atoms with Crippen molar-refractivity contribution in [2.75, 3.05) is 32.6 Å². The summed E-state index contributed by atoms with van der Waals surface area (Å²) in [6.45, 7) is 2.40. The Hall–Kier alpha value is -2.53. The number of anilines is 1. The van der Waals surface area contributed by atoms with Crippen molar-refractivity contribution < 1.29 is 4.74 Å². The number of methoxy groups -OCH3 is 1. The Balaban J connectivity index is 1.75. The smallest absolute Gasteiger partial charge is 0.193 e. The van der Waals surface area contributed by atoms with Crippen molar-refractivity contribution >= 4 is 11.6 Å². The highest BCUT2D eigenvalue weighted by molar-refractivity contribution is 5.92. The van der Waals surface area contributed by atoms with Gasteiger partial charge in [-0.25, -0.2) is 0 Å².